The highest BCUT2D eigenvalue weighted by Gasteiger charge is 2.24. The second kappa shape index (κ2) is 7.41. The molecule has 3 nitrogen and oxygen atoms in total. The SMILES string of the molecule is CC(C)Cc1ccc(C(C)C(=O)Nc2sc3c(c2C#N)CCC3)cc1. The number of carbonyl (C=O) groups excluding carboxylic acids is 1. The molecule has 1 N–H and O–H groups in total. The Morgan fingerprint density at radius 2 is 1.96 bits per heavy atom. The van der Waals surface area contributed by atoms with Gasteiger partial charge in [0.2, 0.25) is 5.91 Å². The van der Waals surface area contributed by atoms with Crippen molar-refractivity contribution in [1.29, 1.82) is 5.26 Å². The van der Waals surface area contributed by atoms with Crippen molar-refractivity contribution in [2.24, 2.45) is 5.92 Å². The van der Waals surface area contributed by atoms with E-state index in [0.29, 0.717) is 11.5 Å². The zero-order valence-corrected chi connectivity index (χ0v) is 15.9. The average Bonchev–Trinajstić information content (AvgIpc) is 3.14. The van der Waals surface area contributed by atoms with Crippen LogP contribution in [0.2, 0.25) is 0 Å². The number of carbonyl (C=O) groups is 1. The van der Waals surface area contributed by atoms with Crippen LogP contribution in [0.15, 0.2) is 24.3 Å². The largest absolute Gasteiger partial charge is 0.316 e. The summed E-state index contributed by atoms with van der Waals surface area (Å²) in [5.41, 5.74) is 4.12. The fraction of sp³-hybridized carbons (Fsp3) is 0.429. The molecule has 1 aromatic carbocycles. The molecule has 1 aromatic heterocycles. The van der Waals surface area contributed by atoms with Gasteiger partial charge in [-0.05, 0) is 55.2 Å². The van der Waals surface area contributed by atoms with Gasteiger partial charge in [-0.2, -0.15) is 5.26 Å². The molecular weight excluding hydrogens is 328 g/mol. The van der Waals surface area contributed by atoms with Crippen molar-refractivity contribution < 1.29 is 4.79 Å². The molecule has 0 aliphatic heterocycles. The number of anilines is 1. The molecule has 1 aliphatic rings. The summed E-state index contributed by atoms with van der Waals surface area (Å²) in [5.74, 6) is 0.335. The lowest BCUT2D eigenvalue weighted by molar-refractivity contribution is -0.117. The van der Waals surface area contributed by atoms with Gasteiger partial charge in [0.1, 0.15) is 11.1 Å². The summed E-state index contributed by atoms with van der Waals surface area (Å²) in [4.78, 5) is 13.9. The molecule has 4 heteroatoms. The van der Waals surface area contributed by atoms with Crippen LogP contribution in [-0.2, 0) is 24.1 Å². The van der Waals surface area contributed by atoms with Gasteiger partial charge >= 0.3 is 0 Å². The van der Waals surface area contributed by atoms with E-state index >= 15 is 0 Å². The normalized spacial score (nSPS) is 14.2. The first-order chi connectivity index (χ1) is 12.0. The zero-order chi connectivity index (χ0) is 18.0. The van der Waals surface area contributed by atoms with Crippen molar-refractivity contribution in [3.05, 3.63) is 51.4 Å². The minimum Gasteiger partial charge on any atom is -0.316 e. The molecule has 2 aromatic rings. The number of thiophene rings is 1. The Balaban J connectivity index is 1.72. The minimum absolute atomic E-state index is 0.0481. The fourth-order valence-corrected chi connectivity index (χ4v) is 4.64. The molecule has 1 atom stereocenters. The standard InChI is InChI=1S/C21H24N2OS/c1-13(2)11-15-7-9-16(10-8-15)14(3)20(24)23-21-18(12-22)17-5-4-6-19(17)25-21/h7-10,13-14H,4-6,11H2,1-3H3,(H,23,24). The molecule has 0 bridgehead atoms. The Hall–Kier alpha value is -2.12. The number of nitrogens with one attached hydrogen (secondary N) is 1. The number of hydrogen-bond acceptors (Lipinski definition) is 3. The molecule has 0 spiro atoms. The summed E-state index contributed by atoms with van der Waals surface area (Å²) >= 11 is 1.57. The van der Waals surface area contributed by atoms with E-state index in [1.807, 2.05) is 19.1 Å². The number of hydrogen-bond donors (Lipinski definition) is 1. The van der Waals surface area contributed by atoms with Gasteiger partial charge in [0.15, 0.2) is 0 Å². The van der Waals surface area contributed by atoms with Gasteiger partial charge < -0.3 is 5.32 Å². The number of fused-ring (bicyclic) bond motifs is 1. The maximum absolute atomic E-state index is 12.7. The lowest BCUT2D eigenvalue weighted by Gasteiger charge is -2.13. The van der Waals surface area contributed by atoms with E-state index in [2.05, 4.69) is 37.4 Å². The second-order valence-electron chi connectivity index (χ2n) is 7.22. The highest BCUT2D eigenvalue weighted by atomic mass is 32.1. The maximum Gasteiger partial charge on any atom is 0.232 e. The van der Waals surface area contributed by atoms with Crippen LogP contribution in [0, 0.1) is 17.2 Å². The summed E-state index contributed by atoms with van der Waals surface area (Å²) in [7, 11) is 0. The Labute approximate surface area is 153 Å². The fourth-order valence-electron chi connectivity index (χ4n) is 3.40. The third-order valence-corrected chi connectivity index (χ3v) is 5.99. The molecule has 1 heterocycles. The molecular formula is C21H24N2OS. The molecule has 1 aliphatic carbocycles. The Bertz CT molecular complexity index is 812. The van der Waals surface area contributed by atoms with Crippen LogP contribution in [0.4, 0.5) is 5.00 Å². The van der Waals surface area contributed by atoms with Crippen LogP contribution in [0.3, 0.4) is 0 Å². The highest BCUT2D eigenvalue weighted by Crippen LogP contribution is 2.39. The Morgan fingerprint density at radius 3 is 2.60 bits per heavy atom. The minimum atomic E-state index is -0.239. The van der Waals surface area contributed by atoms with Crippen LogP contribution in [0.5, 0.6) is 0 Å². The smallest absolute Gasteiger partial charge is 0.232 e. The maximum atomic E-state index is 12.7. The predicted octanol–water partition coefficient (Wildman–Crippen LogP) is 5.05. The van der Waals surface area contributed by atoms with Gasteiger partial charge in [-0.25, -0.2) is 0 Å². The third-order valence-electron chi connectivity index (χ3n) is 4.79. The molecule has 0 radical (unpaired) electrons. The Kier molecular flexibility index (Phi) is 5.24. The van der Waals surface area contributed by atoms with Crippen molar-refractivity contribution in [3.63, 3.8) is 0 Å². The van der Waals surface area contributed by atoms with Gasteiger partial charge in [0.05, 0.1) is 11.5 Å². The van der Waals surface area contributed by atoms with E-state index in [0.717, 1.165) is 41.8 Å². The van der Waals surface area contributed by atoms with Crippen molar-refractivity contribution in [3.8, 4) is 6.07 Å². The molecule has 130 valence electrons. The van der Waals surface area contributed by atoms with E-state index < -0.39 is 0 Å². The van der Waals surface area contributed by atoms with Crippen LogP contribution in [0.1, 0.15) is 60.2 Å². The molecule has 1 amide bonds. The van der Waals surface area contributed by atoms with Crippen LogP contribution >= 0.6 is 11.3 Å². The van der Waals surface area contributed by atoms with E-state index in [1.165, 1.54) is 10.4 Å². The van der Waals surface area contributed by atoms with Gasteiger partial charge in [0, 0.05) is 4.88 Å². The number of rotatable bonds is 5. The summed E-state index contributed by atoms with van der Waals surface area (Å²) in [6.45, 7) is 6.32. The highest BCUT2D eigenvalue weighted by molar-refractivity contribution is 7.16. The molecule has 1 unspecified atom stereocenters. The monoisotopic (exact) mass is 352 g/mol. The number of benzene rings is 1. The topological polar surface area (TPSA) is 52.9 Å². The van der Waals surface area contributed by atoms with E-state index in [9.17, 15) is 10.1 Å². The first kappa shape index (κ1) is 17.7. The molecule has 0 fully saturated rings. The van der Waals surface area contributed by atoms with E-state index in [1.54, 1.807) is 11.3 Å². The van der Waals surface area contributed by atoms with Crippen LogP contribution in [-0.4, -0.2) is 5.91 Å². The van der Waals surface area contributed by atoms with Crippen LogP contribution in [0.25, 0.3) is 0 Å². The quantitative estimate of drug-likeness (QED) is 0.818. The lowest BCUT2D eigenvalue weighted by atomic mass is 9.96. The molecule has 3 rings (SSSR count). The summed E-state index contributed by atoms with van der Waals surface area (Å²) in [6, 6.07) is 10.6. The first-order valence-corrected chi connectivity index (χ1v) is 9.75. The molecule has 25 heavy (non-hydrogen) atoms. The summed E-state index contributed by atoms with van der Waals surface area (Å²) < 4.78 is 0. The lowest BCUT2D eigenvalue weighted by Crippen LogP contribution is -2.18. The van der Waals surface area contributed by atoms with Gasteiger partial charge in [0.25, 0.3) is 0 Å². The predicted molar refractivity (Wildman–Crippen MR) is 103 cm³/mol. The number of nitrogens with zero attached hydrogens (tertiary/aromatic N) is 1. The summed E-state index contributed by atoms with van der Waals surface area (Å²) in [5, 5.41) is 13.2. The van der Waals surface area contributed by atoms with E-state index in [-0.39, 0.29) is 11.8 Å². The van der Waals surface area contributed by atoms with Gasteiger partial charge in [-0.15, -0.1) is 11.3 Å². The third kappa shape index (κ3) is 3.77. The van der Waals surface area contributed by atoms with Crippen molar-refractivity contribution in [2.45, 2.75) is 52.4 Å². The van der Waals surface area contributed by atoms with Gasteiger partial charge in [-0.3, -0.25) is 4.79 Å². The van der Waals surface area contributed by atoms with Crippen molar-refractivity contribution in [2.75, 3.05) is 5.32 Å². The van der Waals surface area contributed by atoms with Crippen molar-refractivity contribution >= 4 is 22.2 Å². The molecule has 0 saturated carbocycles. The van der Waals surface area contributed by atoms with E-state index in [4.69, 9.17) is 0 Å². The van der Waals surface area contributed by atoms with Crippen LogP contribution < -0.4 is 5.32 Å². The number of amides is 1. The van der Waals surface area contributed by atoms with Crippen molar-refractivity contribution in [1.82, 2.24) is 0 Å². The zero-order valence-electron chi connectivity index (χ0n) is 15.1. The number of nitriles is 1. The van der Waals surface area contributed by atoms with Gasteiger partial charge in [-0.1, -0.05) is 38.1 Å². The second-order valence-corrected chi connectivity index (χ2v) is 8.33. The summed E-state index contributed by atoms with van der Waals surface area (Å²) in [6.07, 6.45) is 4.14. The number of aryl methyl sites for hydroxylation is 1. The first-order valence-electron chi connectivity index (χ1n) is 8.94. The Morgan fingerprint density at radius 1 is 1.24 bits per heavy atom. The average molecular weight is 353 g/mol. The molecule has 0 saturated heterocycles.